The molecule has 1 aliphatic heterocycles. The standard InChI is InChI=1S/C32H26BrFN6O4S/c1-43-25-14-6-20(7-15-25)26-17-27(21-4-10-23(34)11-5-21)40(38-26)30(41)19-45-32-37-36-29(18-35-31(42)28-3-2-16-44-28)39(32)24-12-8-22(33)9-13-24/h2-16,27H,17-19H2,1H3,(H,35,42). The fourth-order valence-electron chi connectivity index (χ4n) is 4.85. The highest BCUT2D eigenvalue weighted by Gasteiger charge is 2.33. The van der Waals surface area contributed by atoms with E-state index in [9.17, 15) is 14.0 Å². The van der Waals surface area contributed by atoms with Gasteiger partial charge in [0.15, 0.2) is 16.7 Å². The van der Waals surface area contributed by atoms with E-state index in [1.807, 2.05) is 48.5 Å². The molecule has 1 aliphatic rings. The van der Waals surface area contributed by atoms with Crippen LogP contribution < -0.4 is 10.1 Å². The highest BCUT2D eigenvalue weighted by atomic mass is 79.9. The SMILES string of the molecule is COc1ccc(C2=NN(C(=O)CSc3nnc(CNC(=O)c4ccco4)n3-c3ccc(Br)cc3)C(c3ccc(F)cc3)C2)cc1. The summed E-state index contributed by atoms with van der Waals surface area (Å²) < 4.78 is 26.9. The zero-order valence-electron chi connectivity index (χ0n) is 23.9. The van der Waals surface area contributed by atoms with Crippen LogP contribution in [0.1, 0.15) is 40.0 Å². The Morgan fingerprint density at radius 3 is 2.49 bits per heavy atom. The molecule has 0 saturated heterocycles. The number of hydrogen-bond acceptors (Lipinski definition) is 8. The molecule has 1 unspecified atom stereocenters. The average Bonchev–Trinajstić information content (AvgIpc) is 3.84. The molecule has 0 saturated carbocycles. The molecule has 2 amide bonds. The number of hydrogen-bond donors (Lipinski definition) is 1. The summed E-state index contributed by atoms with van der Waals surface area (Å²) in [5.74, 6) is 0.372. The molecule has 1 atom stereocenters. The zero-order valence-corrected chi connectivity index (χ0v) is 26.3. The van der Waals surface area contributed by atoms with Crippen molar-refractivity contribution in [1.82, 2.24) is 25.1 Å². The van der Waals surface area contributed by atoms with Crippen LogP contribution in [0.25, 0.3) is 5.69 Å². The molecule has 45 heavy (non-hydrogen) atoms. The fraction of sp³-hybridized carbons (Fsp3) is 0.156. The molecule has 13 heteroatoms. The number of nitrogens with zero attached hydrogens (tertiary/aromatic N) is 5. The number of halogens is 2. The van der Waals surface area contributed by atoms with Crippen molar-refractivity contribution in [2.24, 2.45) is 5.10 Å². The topological polar surface area (TPSA) is 115 Å². The van der Waals surface area contributed by atoms with E-state index in [1.54, 1.807) is 35.9 Å². The predicted octanol–water partition coefficient (Wildman–Crippen LogP) is 6.17. The minimum Gasteiger partial charge on any atom is -0.497 e. The fourth-order valence-corrected chi connectivity index (χ4v) is 5.93. The highest BCUT2D eigenvalue weighted by molar-refractivity contribution is 9.10. The molecule has 3 heterocycles. The molecular formula is C32H26BrFN6O4S. The lowest BCUT2D eigenvalue weighted by Crippen LogP contribution is -2.28. The van der Waals surface area contributed by atoms with E-state index in [2.05, 4.69) is 31.4 Å². The third kappa shape index (κ3) is 6.84. The number of hydrazone groups is 1. The van der Waals surface area contributed by atoms with Crippen LogP contribution in [0.4, 0.5) is 4.39 Å². The number of ether oxygens (including phenoxy) is 1. The Bertz CT molecular complexity index is 1830. The van der Waals surface area contributed by atoms with Gasteiger partial charge in [-0.3, -0.25) is 14.2 Å². The van der Waals surface area contributed by atoms with Crippen molar-refractivity contribution in [1.29, 1.82) is 0 Å². The van der Waals surface area contributed by atoms with Gasteiger partial charge in [-0.1, -0.05) is 39.8 Å². The second-order valence-corrected chi connectivity index (χ2v) is 11.8. The maximum absolute atomic E-state index is 13.8. The van der Waals surface area contributed by atoms with Crippen LogP contribution in [0.2, 0.25) is 0 Å². The van der Waals surface area contributed by atoms with Gasteiger partial charge < -0.3 is 14.5 Å². The molecule has 0 aliphatic carbocycles. The maximum Gasteiger partial charge on any atom is 0.287 e. The number of carbonyl (C=O) groups is 2. The van der Waals surface area contributed by atoms with Gasteiger partial charge in [-0.25, -0.2) is 9.40 Å². The zero-order chi connectivity index (χ0) is 31.3. The minimum absolute atomic E-state index is 0.00447. The van der Waals surface area contributed by atoms with E-state index in [-0.39, 0.29) is 35.7 Å². The molecule has 2 aromatic heterocycles. The number of aromatic nitrogens is 3. The Balaban J connectivity index is 1.24. The molecular weight excluding hydrogens is 663 g/mol. The first-order valence-corrected chi connectivity index (χ1v) is 15.6. The van der Waals surface area contributed by atoms with Gasteiger partial charge in [-0.15, -0.1) is 10.2 Å². The van der Waals surface area contributed by atoms with Gasteiger partial charge in [0.2, 0.25) is 0 Å². The van der Waals surface area contributed by atoms with Crippen LogP contribution in [-0.2, 0) is 11.3 Å². The van der Waals surface area contributed by atoms with Crippen LogP contribution in [0, 0.1) is 5.82 Å². The Hall–Kier alpha value is -4.75. The maximum atomic E-state index is 13.8. The van der Waals surface area contributed by atoms with Gasteiger partial charge in [-0.05, 0) is 83.9 Å². The number of nitrogens with one attached hydrogen (secondary N) is 1. The minimum atomic E-state index is -0.410. The lowest BCUT2D eigenvalue weighted by molar-refractivity contribution is -0.130. The van der Waals surface area contributed by atoms with E-state index >= 15 is 0 Å². The molecule has 10 nitrogen and oxygen atoms in total. The Morgan fingerprint density at radius 1 is 1.04 bits per heavy atom. The summed E-state index contributed by atoms with van der Waals surface area (Å²) >= 11 is 4.66. The summed E-state index contributed by atoms with van der Waals surface area (Å²) in [7, 11) is 1.60. The Morgan fingerprint density at radius 2 is 1.80 bits per heavy atom. The summed E-state index contributed by atoms with van der Waals surface area (Å²) in [5, 5.41) is 18.1. The number of furan rings is 1. The van der Waals surface area contributed by atoms with Crippen molar-refractivity contribution < 1.29 is 23.1 Å². The molecule has 0 spiro atoms. The first kappa shape index (κ1) is 30.3. The second kappa shape index (κ2) is 13.5. The number of rotatable bonds is 10. The van der Waals surface area contributed by atoms with E-state index in [0.717, 1.165) is 27.0 Å². The van der Waals surface area contributed by atoms with E-state index < -0.39 is 6.04 Å². The lowest BCUT2D eigenvalue weighted by atomic mass is 9.98. The van der Waals surface area contributed by atoms with Crippen molar-refractivity contribution in [3.8, 4) is 11.4 Å². The normalized spacial score (nSPS) is 14.3. The van der Waals surface area contributed by atoms with Gasteiger partial charge >= 0.3 is 0 Å². The summed E-state index contributed by atoms with van der Waals surface area (Å²) in [4.78, 5) is 26.3. The van der Waals surface area contributed by atoms with Crippen molar-refractivity contribution in [2.75, 3.05) is 12.9 Å². The van der Waals surface area contributed by atoms with Gasteiger partial charge in [0.1, 0.15) is 11.6 Å². The lowest BCUT2D eigenvalue weighted by Gasteiger charge is -2.22. The smallest absolute Gasteiger partial charge is 0.287 e. The van der Waals surface area contributed by atoms with Crippen LogP contribution in [0.3, 0.4) is 0 Å². The third-order valence-electron chi connectivity index (χ3n) is 7.11. The molecule has 3 aromatic carbocycles. The summed E-state index contributed by atoms with van der Waals surface area (Å²) in [6.45, 7) is 0.0748. The number of benzene rings is 3. The monoisotopic (exact) mass is 688 g/mol. The van der Waals surface area contributed by atoms with Crippen molar-refractivity contribution >= 4 is 45.2 Å². The van der Waals surface area contributed by atoms with Gasteiger partial charge in [0.25, 0.3) is 11.8 Å². The number of methoxy groups -OCH3 is 1. The summed E-state index contributed by atoms with van der Waals surface area (Å²) in [6.07, 6.45) is 1.89. The quantitative estimate of drug-likeness (QED) is 0.175. The molecule has 0 bridgehead atoms. The van der Waals surface area contributed by atoms with E-state index in [1.165, 1.54) is 35.2 Å². The molecule has 0 radical (unpaired) electrons. The molecule has 5 aromatic rings. The van der Waals surface area contributed by atoms with Crippen molar-refractivity contribution in [3.05, 3.63) is 124 Å². The van der Waals surface area contributed by atoms with Crippen LogP contribution in [-0.4, -0.2) is 50.2 Å². The third-order valence-corrected chi connectivity index (χ3v) is 8.55. The highest BCUT2D eigenvalue weighted by Crippen LogP contribution is 2.34. The van der Waals surface area contributed by atoms with Crippen molar-refractivity contribution in [2.45, 2.75) is 24.2 Å². The van der Waals surface area contributed by atoms with E-state index in [0.29, 0.717) is 23.2 Å². The predicted molar refractivity (Wildman–Crippen MR) is 170 cm³/mol. The molecule has 6 rings (SSSR count). The molecule has 1 N–H and O–H groups in total. The average molecular weight is 690 g/mol. The van der Waals surface area contributed by atoms with Crippen molar-refractivity contribution in [3.63, 3.8) is 0 Å². The molecule has 0 fully saturated rings. The van der Waals surface area contributed by atoms with Crippen LogP contribution in [0.15, 0.2) is 110 Å². The Labute approximate surface area is 270 Å². The number of amides is 2. The van der Waals surface area contributed by atoms with E-state index in [4.69, 9.17) is 14.3 Å². The van der Waals surface area contributed by atoms with Crippen LogP contribution >= 0.6 is 27.7 Å². The first-order chi connectivity index (χ1) is 21.9. The summed E-state index contributed by atoms with van der Waals surface area (Å²) in [5.41, 5.74) is 3.13. The largest absolute Gasteiger partial charge is 0.497 e. The van der Waals surface area contributed by atoms with Gasteiger partial charge in [-0.2, -0.15) is 5.10 Å². The van der Waals surface area contributed by atoms with Crippen LogP contribution in [0.5, 0.6) is 5.75 Å². The van der Waals surface area contributed by atoms with Gasteiger partial charge in [0, 0.05) is 16.6 Å². The van der Waals surface area contributed by atoms with Gasteiger partial charge in [0.05, 0.1) is 37.4 Å². The molecule has 228 valence electrons. The number of thioether (sulfide) groups is 1. The second-order valence-electron chi connectivity index (χ2n) is 9.94. The Kier molecular flexibility index (Phi) is 9.08. The first-order valence-electron chi connectivity index (χ1n) is 13.8. The number of carbonyl (C=O) groups excluding carboxylic acids is 2. The summed E-state index contributed by atoms with van der Waals surface area (Å²) in [6, 6.07) is 23.9.